The van der Waals surface area contributed by atoms with Gasteiger partial charge in [0, 0.05) is 0 Å². The molecule has 0 aromatic heterocycles. The van der Waals surface area contributed by atoms with Crippen molar-refractivity contribution in [3.05, 3.63) is 0 Å². The van der Waals surface area contributed by atoms with Gasteiger partial charge in [-0.25, -0.2) is 0 Å². The molecule has 1 unspecified atom stereocenters. The van der Waals surface area contributed by atoms with Crippen molar-refractivity contribution in [3.8, 4) is 0 Å². The van der Waals surface area contributed by atoms with Crippen LogP contribution in [0.25, 0.3) is 0 Å². The molecule has 7 heteroatoms. The van der Waals surface area contributed by atoms with E-state index in [1.54, 1.807) is 5.32 Å². The quantitative estimate of drug-likeness (QED) is 0.757. The van der Waals surface area contributed by atoms with E-state index in [4.69, 9.17) is 5.73 Å². The molecule has 0 saturated heterocycles. The van der Waals surface area contributed by atoms with Crippen LogP contribution in [0.2, 0.25) is 0 Å². The van der Waals surface area contributed by atoms with E-state index in [1.807, 2.05) is 0 Å². The molecule has 1 rings (SSSR count). The van der Waals surface area contributed by atoms with Crippen LogP contribution in [0.15, 0.2) is 0 Å². The van der Waals surface area contributed by atoms with Gasteiger partial charge >= 0.3 is 12.1 Å². The van der Waals surface area contributed by atoms with Gasteiger partial charge in [0.2, 0.25) is 5.91 Å². The molecule has 2 amide bonds. The van der Waals surface area contributed by atoms with Crippen molar-refractivity contribution in [3.63, 3.8) is 0 Å². The number of hydrogen-bond acceptors (Lipinski definition) is 2. The molecule has 3 N–H and O–H groups in total. The Kier molecular flexibility index (Phi) is 3.77. The van der Waals surface area contributed by atoms with Crippen molar-refractivity contribution in [2.24, 2.45) is 11.7 Å². The lowest BCUT2D eigenvalue weighted by Gasteiger charge is -2.28. The highest BCUT2D eigenvalue weighted by Gasteiger charge is 2.41. The number of carbonyl (C=O) groups excluding carboxylic acids is 2. The zero-order valence-corrected chi connectivity index (χ0v) is 8.51. The number of nitrogens with two attached hydrogens (primary N) is 1. The Hall–Kier alpha value is -1.27. The second-order valence-corrected chi connectivity index (χ2v) is 3.96. The van der Waals surface area contributed by atoms with E-state index >= 15 is 0 Å². The van der Waals surface area contributed by atoms with Crippen molar-refractivity contribution in [1.82, 2.24) is 5.32 Å². The Balaban J connectivity index is 2.50. The maximum absolute atomic E-state index is 11.9. The van der Waals surface area contributed by atoms with E-state index in [0.717, 1.165) is 19.3 Å². The van der Waals surface area contributed by atoms with Crippen molar-refractivity contribution >= 4 is 11.8 Å². The molecule has 1 aliphatic rings. The van der Waals surface area contributed by atoms with Crippen molar-refractivity contribution in [2.45, 2.75) is 37.9 Å². The first-order valence-corrected chi connectivity index (χ1v) is 4.97. The minimum atomic E-state index is -4.98. The van der Waals surface area contributed by atoms with Crippen LogP contribution in [0.1, 0.15) is 25.7 Å². The van der Waals surface area contributed by atoms with Crippen LogP contribution < -0.4 is 11.1 Å². The number of halogens is 3. The van der Waals surface area contributed by atoms with Crippen molar-refractivity contribution in [1.29, 1.82) is 0 Å². The van der Waals surface area contributed by atoms with Crippen LogP contribution in [0.3, 0.4) is 0 Å². The molecule has 1 fully saturated rings. The van der Waals surface area contributed by atoms with Gasteiger partial charge in [0.25, 0.3) is 0 Å². The number of alkyl halides is 3. The minimum Gasteiger partial charge on any atom is -0.368 e. The zero-order valence-electron chi connectivity index (χ0n) is 8.51. The first-order valence-electron chi connectivity index (χ1n) is 4.97. The molecule has 4 nitrogen and oxygen atoms in total. The SMILES string of the molecule is NC(=O)C(CC1CCC1)NC(=O)C(F)(F)F. The molecule has 0 aromatic rings. The largest absolute Gasteiger partial charge is 0.471 e. The van der Waals surface area contributed by atoms with Gasteiger partial charge in [-0.1, -0.05) is 19.3 Å². The van der Waals surface area contributed by atoms with Crippen LogP contribution >= 0.6 is 0 Å². The molecular formula is C9H13F3N2O2. The predicted molar refractivity (Wildman–Crippen MR) is 49.1 cm³/mol. The molecule has 92 valence electrons. The Labute approximate surface area is 90.4 Å². The van der Waals surface area contributed by atoms with Gasteiger partial charge in [0.05, 0.1) is 0 Å². The average Bonchev–Trinajstić information content (AvgIpc) is 2.06. The lowest BCUT2D eigenvalue weighted by Crippen LogP contribution is -2.50. The third-order valence-electron chi connectivity index (χ3n) is 2.70. The summed E-state index contributed by atoms with van der Waals surface area (Å²) in [4.78, 5) is 21.5. The highest BCUT2D eigenvalue weighted by molar-refractivity contribution is 5.88. The fourth-order valence-electron chi connectivity index (χ4n) is 1.55. The van der Waals surface area contributed by atoms with Crippen LogP contribution in [0.4, 0.5) is 13.2 Å². The Bertz CT molecular complexity index is 287. The van der Waals surface area contributed by atoms with Gasteiger partial charge in [-0.2, -0.15) is 13.2 Å². The monoisotopic (exact) mass is 238 g/mol. The normalized spacial score (nSPS) is 18.7. The molecule has 1 aliphatic carbocycles. The van der Waals surface area contributed by atoms with Crippen molar-refractivity contribution < 1.29 is 22.8 Å². The average molecular weight is 238 g/mol. The van der Waals surface area contributed by atoms with Crippen LogP contribution in [0.5, 0.6) is 0 Å². The summed E-state index contributed by atoms with van der Waals surface area (Å²) in [6.07, 6.45) is -2.05. The van der Waals surface area contributed by atoms with Crippen molar-refractivity contribution in [2.75, 3.05) is 0 Å². The van der Waals surface area contributed by atoms with E-state index < -0.39 is 24.0 Å². The summed E-state index contributed by atoms with van der Waals surface area (Å²) in [6, 6.07) is -1.22. The lowest BCUT2D eigenvalue weighted by atomic mass is 9.80. The van der Waals surface area contributed by atoms with Gasteiger partial charge in [-0.15, -0.1) is 0 Å². The molecule has 16 heavy (non-hydrogen) atoms. The van der Waals surface area contributed by atoms with E-state index in [2.05, 4.69) is 0 Å². The number of carbonyl (C=O) groups is 2. The molecule has 0 spiro atoms. The smallest absolute Gasteiger partial charge is 0.368 e. The van der Waals surface area contributed by atoms with E-state index in [1.165, 1.54) is 0 Å². The molecule has 0 bridgehead atoms. The fraction of sp³-hybridized carbons (Fsp3) is 0.778. The molecule has 1 atom stereocenters. The summed E-state index contributed by atoms with van der Waals surface area (Å²) >= 11 is 0. The number of primary amides is 1. The molecule has 0 aromatic carbocycles. The predicted octanol–water partition coefficient (Wildman–Crippen LogP) is 0.709. The highest BCUT2D eigenvalue weighted by atomic mass is 19.4. The Morgan fingerprint density at radius 2 is 1.94 bits per heavy atom. The third-order valence-corrected chi connectivity index (χ3v) is 2.70. The summed E-state index contributed by atoms with van der Waals surface area (Å²) in [5.41, 5.74) is 4.93. The van der Waals surface area contributed by atoms with Crippen LogP contribution in [-0.4, -0.2) is 24.0 Å². The molecule has 1 saturated carbocycles. The van der Waals surface area contributed by atoms with E-state index in [0.29, 0.717) is 0 Å². The minimum absolute atomic E-state index is 0.186. The maximum Gasteiger partial charge on any atom is 0.471 e. The standard InChI is InChI=1S/C9H13F3N2O2/c10-9(11,12)8(16)14-6(7(13)15)4-5-2-1-3-5/h5-6H,1-4H2,(H2,13,15)(H,14,16). The summed E-state index contributed by atoms with van der Waals surface area (Å²) in [5.74, 6) is -2.86. The molecular weight excluding hydrogens is 225 g/mol. The Morgan fingerprint density at radius 3 is 2.25 bits per heavy atom. The molecule has 0 heterocycles. The van der Waals surface area contributed by atoms with Gasteiger partial charge in [-0.05, 0) is 12.3 Å². The summed E-state index contributed by atoms with van der Waals surface area (Å²) in [7, 11) is 0. The highest BCUT2D eigenvalue weighted by Crippen LogP contribution is 2.30. The van der Waals surface area contributed by atoms with Gasteiger partial charge < -0.3 is 11.1 Å². The topological polar surface area (TPSA) is 72.2 Å². The summed E-state index contributed by atoms with van der Waals surface area (Å²) in [5, 5.41) is 1.62. The number of rotatable bonds is 4. The first-order chi connectivity index (χ1) is 7.30. The number of hydrogen-bond donors (Lipinski definition) is 2. The van der Waals surface area contributed by atoms with E-state index in [9.17, 15) is 22.8 Å². The second kappa shape index (κ2) is 4.71. The maximum atomic E-state index is 11.9. The lowest BCUT2D eigenvalue weighted by molar-refractivity contribution is -0.174. The van der Waals surface area contributed by atoms with Gasteiger partial charge in [0.15, 0.2) is 0 Å². The Morgan fingerprint density at radius 1 is 1.38 bits per heavy atom. The second-order valence-electron chi connectivity index (χ2n) is 3.96. The summed E-state index contributed by atoms with van der Waals surface area (Å²) in [6.45, 7) is 0. The number of nitrogens with one attached hydrogen (secondary N) is 1. The van der Waals surface area contributed by atoms with Gasteiger partial charge in [0.1, 0.15) is 6.04 Å². The molecule has 0 aliphatic heterocycles. The number of amides is 2. The summed E-state index contributed by atoms with van der Waals surface area (Å²) < 4.78 is 35.8. The zero-order chi connectivity index (χ0) is 12.3. The van der Waals surface area contributed by atoms with Crippen LogP contribution in [-0.2, 0) is 9.59 Å². The fourth-order valence-corrected chi connectivity index (χ4v) is 1.55. The first kappa shape index (κ1) is 12.8. The van der Waals surface area contributed by atoms with Gasteiger partial charge in [-0.3, -0.25) is 9.59 Å². The third kappa shape index (κ3) is 3.39. The molecule has 0 radical (unpaired) electrons. The van der Waals surface area contributed by atoms with E-state index in [-0.39, 0.29) is 12.3 Å². The van der Waals surface area contributed by atoms with Crippen LogP contribution in [0, 0.1) is 5.92 Å².